The third-order valence-electron chi connectivity index (χ3n) is 4.87. The van der Waals surface area contributed by atoms with Gasteiger partial charge in [-0.3, -0.25) is 0 Å². The van der Waals surface area contributed by atoms with Gasteiger partial charge in [-0.15, -0.1) is 0 Å². The van der Waals surface area contributed by atoms with Crippen LogP contribution in [0.3, 0.4) is 0 Å². The average Bonchev–Trinajstić information content (AvgIpc) is 2.08. The van der Waals surface area contributed by atoms with E-state index in [9.17, 15) is 0 Å². The quantitative estimate of drug-likeness (QED) is 0.561. The van der Waals surface area contributed by atoms with Gasteiger partial charge in [-0.1, -0.05) is 27.2 Å². The van der Waals surface area contributed by atoms with Gasteiger partial charge >= 0.3 is 0 Å². The minimum absolute atomic E-state index is 0.575. The van der Waals surface area contributed by atoms with Crippen LogP contribution in [0.25, 0.3) is 0 Å². The van der Waals surface area contributed by atoms with Crippen LogP contribution < -0.4 is 0 Å². The zero-order valence-corrected chi connectivity index (χ0v) is 8.88. The smallest absolute Gasteiger partial charge is 0.213 e. The predicted octanol–water partition coefficient (Wildman–Crippen LogP) is 2.39. The van der Waals surface area contributed by atoms with E-state index >= 15 is 0 Å². The van der Waals surface area contributed by atoms with E-state index in [4.69, 9.17) is 5.26 Å². The zero-order valence-electron chi connectivity index (χ0n) is 8.88. The Morgan fingerprint density at radius 1 is 1.38 bits per heavy atom. The van der Waals surface area contributed by atoms with E-state index in [1.165, 1.54) is 12.8 Å². The van der Waals surface area contributed by atoms with Gasteiger partial charge in [-0.25, -0.2) is 5.26 Å². The standard InChI is InChI=1S/C11H18BN/c1-7-9-4-8(11(9,2)3)5-10(7)12-6-13/h7-10,12H,4-5H2,1-3H3/t7-,8+,9-,10-/m1/s1. The molecule has 3 fully saturated rings. The molecule has 0 unspecified atom stereocenters. The largest absolute Gasteiger partial charge is 0.253 e. The van der Waals surface area contributed by atoms with E-state index < -0.39 is 0 Å². The molecule has 2 bridgehead atoms. The molecule has 0 heterocycles. The molecule has 3 aliphatic rings. The zero-order chi connectivity index (χ0) is 9.64. The molecule has 13 heavy (non-hydrogen) atoms. The molecule has 0 aromatic carbocycles. The van der Waals surface area contributed by atoms with Crippen molar-refractivity contribution in [3.63, 3.8) is 0 Å². The Labute approximate surface area is 81.8 Å². The predicted molar refractivity (Wildman–Crippen MR) is 55.7 cm³/mol. The molecule has 70 valence electrons. The SMILES string of the molecule is C[C@H]1[C@H](BC#N)C[C@@H]2C[C@H]1C2(C)C. The van der Waals surface area contributed by atoms with E-state index in [0.29, 0.717) is 11.2 Å². The second-order valence-corrected chi connectivity index (χ2v) is 5.58. The summed E-state index contributed by atoms with van der Waals surface area (Å²) in [5.74, 6) is 5.61. The Bertz CT molecular complexity index is 253. The van der Waals surface area contributed by atoms with Crippen molar-refractivity contribution in [2.75, 3.05) is 0 Å². The van der Waals surface area contributed by atoms with Crippen LogP contribution in [0.4, 0.5) is 0 Å². The summed E-state index contributed by atoms with van der Waals surface area (Å²) in [6.07, 6.45) is 2.73. The van der Waals surface area contributed by atoms with Gasteiger partial charge in [-0.05, 0) is 41.4 Å². The van der Waals surface area contributed by atoms with Gasteiger partial charge in [0.2, 0.25) is 0 Å². The minimum atomic E-state index is 0.575. The van der Waals surface area contributed by atoms with E-state index in [1.54, 1.807) is 0 Å². The lowest BCUT2D eigenvalue weighted by atomic mass is 9.38. The summed E-state index contributed by atoms with van der Waals surface area (Å²) in [4.78, 5) is 0. The first-order chi connectivity index (χ1) is 6.07. The summed E-state index contributed by atoms with van der Waals surface area (Å²) >= 11 is 0. The van der Waals surface area contributed by atoms with Crippen LogP contribution in [-0.2, 0) is 0 Å². The highest BCUT2D eigenvalue weighted by atomic mass is 14.6. The fraction of sp³-hybridized carbons (Fsp3) is 0.909. The molecule has 3 rings (SSSR count). The number of hydrogen-bond acceptors (Lipinski definition) is 1. The van der Waals surface area contributed by atoms with E-state index in [1.807, 2.05) is 0 Å². The van der Waals surface area contributed by atoms with Gasteiger partial charge in [0.1, 0.15) is 0 Å². The van der Waals surface area contributed by atoms with Gasteiger partial charge in [0.15, 0.2) is 0 Å². The summed E-state index contributed by atoms with van der Waals surface area (Å²) in [5.41, 5.74) is 0.575. The number of rotatable bonds is 1. The van der Waals surface area contributed by atoms with Crippen LogP contribution in [0.15, 0.2) is 0 Å². The molecule has 0 spiro atoms. The molecular formula is C11H18BN. The van der Waals surface area contributed by atoms with Crippen molar-refractivity contribution in [2.24, 2.45) is 23.2 Å². The van der Waals surface area contributed by atoms with Gasteiger partial charge in [0.25, 0.3) is 7.28 Å². The first-order valence-electron chi connectivity index (χ1n) is 5.44. The Balaban J connectivity index is 2.08. The van der Waals surface area contributed by atoms with E-state index in [2.05, 4.69) is 26.7 Å². The molecule has 0 amide bonds. The maximum Gasteiger partial charge on any atom is 0.253 e. The third-order valence-corrected chi connectivity index (χ3v) is 4.87. The summed E-state index contributed by atoms with van der Waals surface area (Å²) in [7, 11) is 0.782. The summed E-state index contributed by atoms with van der Waals surface area (Å²) in [6, 6.07) is 0. The number of nitriles is 1. The van der Waals surface area contributed by atoms with Crippen LogP contribution in [0, 0.1) is 34.4 Å². The van der Waals surface area contributed by atoms with Gasteiger partial charge in [-0.2, -0.15) is 0 Å². The van der Waals surface area contributed by atoms with Crippen molar-refractivity contribution < 1.29 is 0 Å². The second-order valence-electron chi connectivity index (χ2n) is 5.58. The fourth-order valence-electron chi connectivity index (χ4n) is 3.64. The molecule has 1 nitrogen and oxygen atoms in total. The minimum Gasteiger partial charge on any atom is -0.213 e. The van der Waals surface area contributed by atoms with E-state index in [0.717, 1.165) is 25.0 Å². The topological polar surface area (TPSA) is 23.8 Å². The van der Waals surface area contributed by atoms with Crippen molar-refractivity contribution >= 4 is 7.28 Å². The van der Waals surface area contributed by atoms with Crippen molar-refractivity contribution in [2.45, 2.75) is 39.4 Å². The molecule has 0 aromatic rings. The Morgan fingerprint density at radius 3 is 2.54 bits per heavy atom. The van der Waals surface area contributed by atoms with Crippen LogP contribution in [0.2, 0.25) is 5.82 Å². The molecule has 3 aliphatic carbocycles. The summed E-state index contributed by atoms with van der Waals surface area (Å²) < 4.78 is 0. The lowest BCUT2D eigenvalue weighted by Crippen LogP contribution is -2.54. The second kappa shape index (κ2) is 2.77. The van der Waals surface area contributed by atoms with Crippen molar-refractivity contribution in [3.8, 4) is 5.97 Å². The van der Waals surface area contributed by atoms with Crippen molar-refractivity contribution in [1.29, 1.82) is 5.26 Å². The van der Waals surface area contributed by atoms with Crippen LogP contribution in [0.1, 0.15) is 33.6 Å². The summed E-state index contributed by atoms with van der Waals surface area (Å²) in [5, 5.41) is 8.72. The monoisotopic (exact) mass is 175 g/mol. The number of nitrogens with zero attached hydrogens (tertiary/aromatic N) is 1. The normalized spacial score (nSPS) is 46.0. The first kappa shape index (κ1) is 9.12. The van der Waals surface area contributed by atoms with Crippen LogP contribution >= 0.6 is 0 Å². The van der Waals surface area contributed by atoms with Gasteiger partial charge in [0, 0.05) is 0 Å². The number of hydrogen-bond donors (Lipinski definition) is 0. The highest BCUT2D eigenvalue weighted by Crippen LogP contribution is 2.64. The molecular weight excluding hydrogens is 157 g/mol. The summed E-state index contributed by atoms with van der Waals surface area (Å²) in [6.45, 7) is 7.17. The Morgan fingerprint density at radius 2 is 2.08 bits per heavy atom. The maximum absolute atomic E-state index is 8.72. The van der Waals surface area contributed by atoms with Crippen molar-refractivity contribution in [3.05, 3.63) is 0 Å². The van der Waals surface area contributed by atoms with Crippen molar-refractivity contribution in [1.82, 2.24) is 0 Å². The first-order valence-corrected chi connectivity index (χ1v) is 5.44. The molecule has 0 saturated heterocycles. The molecule has 0 aliphatic heterocycles. The van der Waals surface area contributed by atoms with E-state index in [-0.39, 0.29) is 0 Å². The highest BCUT2D eigenvalue weighted by Gasteiger charge is 2.55. The molecule has 0 radical (unpaired) electrons. The molecule has 2 heteroatoms. The molecule has 0 N–H and O–H groups in total. The van der Waals surface area contributed by atoms with Gasteiger partial charge < -0.3 is 0 Å². The number of fused-ring (bicyclic) bond motifs is 2. The molecule has 4 atom stereocenters. The highest BCUT2D eigenvalue weighted by molar-refractivity contribution is 6.47. The lowest BCUT2D eigenvalue weighted by molar-refractivity contribution is -0.0983. The lowest BCUT2D eigenvalue weighted by Gasteiger charge is -2.62. The Hall–Kier alpha value is -0.445. The molecule has 3 saturated carbocycles. The average molecular weight is 175 g/mol. The fourth-order valence-corrected chi connectivity index (χ4v) is 3.64. The Kier molecular flexibility index (Phi) is 1.94. The maximum atomic E-state index is 8.72. The van der Waals surface area contributed by atoms with Gasteiger partial charge in [0.05, 0.1) is 0 Å². The van der Waals surface area contributed by atoms with Crippen LogP contribution in [-0.4, -0.2) is 7.28 Å². The molecule has 0 aromatic heterocycles. The van der Waals surface area contributed by atoms with Crippen LogP contribution in [0.5, 0.6) is 0 Å². The third kappa shape index (κ3) is 1.13.